The number of carbonyl (C=O) groups excluding carboxylic acids is 1. The molecule has 134 valence electrons. The van der Waals surface area contributed by atoms with Crippen LogP contribution in [-0.2, 0) is 9.53 Å². The minimum absolute atomic E-state index is 0.0255. The van der Waals surface area contributed by atoms with Crippen LogP contribution in [0.2, 0.25) is 0 Å². The number of ether oxygens (including phenoxy) is 1. The molecular weight excluding hydrogens is 302 g/mol. The van der Waals surface area contributed by atoms with Gasteiger partial charge in [-0.05, 0) is 75.2 Å². The van der Waals surface area contributed by atoms with Gasteiger partial charge >= 0.3 is 5.97 Å². The number of aliphatic hydroxyl groups excluding tert-OH is 1. The van der Waals surface area contributed by atoms with E-state index in [0.29, 0.717) is 29.2 Å². The Kier molecular flexibility index (Phi) is 3.39. The molecule has 5 aliphatic rings. The van der Waals surface area contributed by atoms with Crippen molar-refractivity contribution < 1.29 is 14.6 Å². The van der Waals surface area contributed by atoms with Gasteiger partial charge < -0.3 is 14.7 Å². The van der Waals surface area contributed by atoms with Gasteiger partial charge in [-0.2, -0.15) is 0 Å². The van der Waals surface area contributed by atoms with E-state index in [1.54, 1.807) is 0 Å². The number of hydrogen-bond acceptors (Lipinski definition) is 4. The summed E-state index contributed by atoms with van der Waals surface area (Å²) in [6.07, 6.45) is 11.1. The largest absolute Gasteiger partial charge is 0.461 e. The maximum Gasteiger partial charge on any atom is 0.310 e. The first-order chi connectivity index (χ1) is 11.6. The van der Waals surface area contributed by atoms with Gasteiger partial charge in [0, 0.05) is 24.9 Å². The molecule has 1 N–H and O–H groups in total. The zero-order valence-corrected chi connectivity index (χ0v) is 14.9. The molecule has 4 saturated carbocycles. The topological polar surface area (TPSA) is 49.8 Å². The van der Waals surface area contributed by atoms with Crippen LogP contribution in [0.4, 0.5) is 0 Å². The summed E-state index contributed by atoms with van der Waals surface area (Å²) in [7, 11) is 2.01. The molecule has 2 spiro atoms. The Labute approximate surface area is 144 Å². The molecule has 1 aliphatic heterocycles. The van der Waals surface area contributed by atoms with Gasteiger partial charge in [-0.25, -0.2) is 0 Å². The van der Waals surface area contributed by atoms with Gasteiger partial charge in [-0.3, -0.25) is 4.79 Å². The van der Waals surface area contributed by atoms with Crippen LogP contribution in [0.3, 0.4) is 0 Å². The number of carbonyl (C=O) groups is 1. The average Bonchev–Trinajstić information content (AvgIpc) is 3.43. The van der Waals surface area contributed by atoms with Gasteiger partial charge in [0.15, 0.2) is 0 Å². The molecule has 0 aromatic rings. The third kappa shape index (κ3) is 2.14. The van der Waals surface area contributed by atoms with E-state index in [4.69, 9.17) is 4.74 Å². The third-order valence-corrected chi connectivity index (χ3v) is 8.48. The molecule has 4 nitrogen and oxygen atoms in total. The predicted octanol–water partition coefficient (Wildman–Crippen LogP) is 2.45. The zero-order valence-electron chi connectivity index (χ0n) is 14.9. The molecule has 4 heteroatoms. The van der Waals surface area contributed by atoms with Crippen molar-refractivity contribution >= 4 is 5.97 Å². The number of aliphatic hydroxyl groups is 1. The minimum Gasteiger partial charge on any atom is -0.461 e. The van der Waals surface area contributed by atoms with Crippen LogP contribution in [0.1, 0.15) is 51.4 Å². The molecule has 0 aromatic carbocycles. The van der Waals surface area contributed by atoms with E-state index >= 15 is 0 Å². The van der Waals surface area contributed by atoms with Gasteiger partial charge in [0.05, 0.1) is 12.5 Å². The first kappa shape index (κ1) is 15.6. The molecular formula is C20H31NO3. The molecule has 1 heterocycles. The highest BCUT2D eigenvalue weighted by molar-refractivity contribution is 5.75. The molecule has 5 atom stereocenters. The Balaban J connectivity index is 1.43. The van der Waals surface area contributed by atoms with Gasteiger partial charge in [0.1, 0.15) is 6.10 Å². The SMILES string of the molecule is CN(CCO)C[C@@H]1C(=O)OC2C1CCC1(CC1)[C@@H]1CCC3(CC3)[C@H]21. The Morgan fingerprint density at radius 2 is 1.83 bits per heavy atom. The number of esters is 1. The van der Waals surface area contributed by atoms with Gasteiger partial charge in [0.2, 0.25) is 0 Å². The van der Waals surface area contributed by atoms with Crippen LogP contribution in [0.15, 0.2) is 0 Å². The Bertz CT molecular complexity index is 539. The van der Waals surface area contributed by atoms with Crippen LogP contribution in [0.5, 0.6) is 0 Å². The summed E-state index contributed by atoms with van der Waals surface area (Å²) in [4.78, 5) is 14.8. The second-order valence-electron chi connectivity index (χ2n) is 9.59. The third-order valence-electron chi connectivity index (χ3n) is 8.48. The molecule has 0 radical (unpaired) electrons. The molecule has 0 bridgehead atoms. The van der Waals surface area contributed by atoms with Crippen LogP contribution in [-0.4, -0.2) is 48.8 Å². The lowest BCUT2D eigenvalue weighted by Gasteiger charge is -2.33. The predicted molar refractivity (Wildman–Crippen MR) is 90.2 cm³/mol. The van der Waals surface area contributed by atoms with Crippen molar-refractivity contribution in [1.29, 1.82) is 0 Å². The summed E-state index contributed by atoms with van der Waals surface area (Å²) < 4.78 is 6.12. The zero-order chi connectivity index (χ0) is 16.5. The summed E-state index contributed by atoms with van der Waals surface area (Å²) in [6, 6.07) is 0. The summed E-state index contributed by atoms with van der Waals surface area (Å²) in [6.45, 7) is 1.54. The van der Waals surface area contributed by atoms with Crippen LogP contribution >= 0.6 is 0 Å². The van der Waals surface area contributed by atoms with Gasteiger partial charge in [-0.15, -0.1) is 0 Å². The van der Waals surface area contributed by atoms with Crippen molar-refractivity contribution in [2.24, 2.45) is 34.5 Å². The fourth-order valence-electron chi connectivity index (χ4n) is 6.87. The Morgan fingerprint density at radius 3 is 2.50 bits per heavy atom. The van der Waals surface area contributed by atoms with E-state index < -0.39 is 0 Å². The Hall–Kier alpha value is -0.610. The summed E-state index contributed by atoms with van der Waals surface area (Å²) >= 11 is 0. The normalized spacial score (nSPS) is 43.6. The highest BCUT2D eigenvalue weighted by atomic mass is 16.6. The molecule has 5 fully saturated rings. The number of nitrogens with zero attached hydrogens (tertiary/aromatic N) is 1. The molecule has 2 unspecified atom stereocenters. The molecule has 4 aliphatic carbocycles. The van der Waals surface area contributed by atoms with Crippen molar-refractivity contribution in [3.63, 3.8) is 0 Å². The average molecular weight is 333 g/mol. The van der Waals surface area contributed by atoms with Gasteiger partial charge in [-0.1, -0.05) is 0 Å². The number of likely N-dealkylation sites (N-methyl/N-ethyl adjacent to an activating group) is 1. The smallest absolute Gasteiger partial charge is 0.310 e. The summed E-state index contributed by atoms with van der Waals surface area (Å²) in [5.41, 5.74) is 1.16. The number of fused-ring (bicyclic) bond motifs is 5. The molecule has 5 rings (SSSR count). The van der Waals surface area contributed by atoms with Crippen LogP contribution < -0.4 is 0 Å². The van der Waals surface area contributed by atoms with E-state index in [1.807, 2.05) is 7.05 Å². The lowest BCUT2D eigenvalue weighted by atomic mass is 9.73. The maximum atomic E-state index is 12.7. The fourth-order valence-corrected chi connectivity index (χ4v) is 6.87. The lowest BCUT2D eigenvalue weighted by Crippen LogP contribution is -2.37. The lowest BCUT2D eigenvalue weighted by molar-refractivity contribution is -0.148. The van der Waals surface area contributed by atoms with E-state index in [-0.39, 0.29) is 24.6 Å². The van der Waals surface area contributed by atoms with E-state index in [0.717, 1.165) is 12.5 Å². The summed E-state index contributed by atoms with van der Waals surface area (Å²) in [5, 5.41) is 9.17. The minimum atomic E-state index is 0.0255. The number of hydrogen-bond donors (Lipinski definition) is 1. The fraction of sp³-hybridized carbons (Fsp3) is 0.950. The first-order valence-electron chi connectivity index (χ1n) is 10.1. The van der Waals surface area contributed by atoms with Crippen molar-refractivity contribution in [2.75, 3.05) is 26.7 Å². The first-order valence-corrected chi connectivity index (χ1v) is 10.1. The standard InChI is InChI=1S/C20H31NO3/c1-21(10-11-22)12-14-13-2-4-19(6-7-19)15-3-5-20(8-9-20)16(15)17(13)24-18(14)23/h13-17,22H,2-12H2,1H3/t13?,14-,15+,16-,17?/m0/s1. The van der Waals surface area contributed by atoms with Crippen LogP contribution in [0.25, 0.3) is 0 Å². The highest BCUT2D eigenvalue weighted by Gasteiger charge is 2.69. The van der Waals surface area contributed by atoms with Crippen molar-refractivity contribution in [3.05, 3.63) is 0 Å². The van der Waals surface area contributed by atoms with Crippen molar-refractivity contribution in [2.45, 2.75) is 57.5 Å². The summed E-state index contributed by atoms with van der Waals surface area (Å²) in [5.74, 6) is 1.98. The molecule has 1 saturated heterocycles. The highest BCUT2D eigenvalue weighted by Crippen LogP contribution is 2.74. The van der Waals surface area contributed by atoms with Crippen LogP contribution in [0, 0.1) is 34.5 Å². The maximum absolute atomic E-state index is 12.7. The molecule has 0 amide bonds. The monoisotopic (exact) mass is 333 g/mol. The second-order valence-corrected chi connectivity index (χ2v) is 9.59. The number of rotatable bonds is 4. The quantitative estimate of drug-likeness (QED) is 0.803. The van der Waals surface area contributed by atoms with E-state index in [1.165, 1.54) is 51.4 Å². The van der Waals surface area contributed by atoms with Crippen molar-refractivity contribution in [1.82, 2.24) is 4.90 Å². The molecule has 0 aromatic heterocycles. The van der Waals surface area contributed by atoms with E-state index in [2.05, 4.69) is 4.90 Å². The molecule has 24 heavy (non-hydrogen) atoms. The van der Waals surface area contributed by atoms with Gasteiger partial charge in [0.25, 0.3) is 0 Å². The Morgan fingerprint density at radius 1 is 1.12 bits per heavy atom. The van der Waals surface area contributed by atoms with E-state index in [9.17, 15) is 9.90 Å². The van der Waals surface area contributed by atoms with Crippen molar-refractivity contribution in [3.8, 4) is 0 Å². The second kappa shape index (κ2) is 5.20.